The molecule has 174 valence electrons. The molecule has 1 N–H and O–H groups in total. The lowest BCUT2D eigenvalue weighted by Crippen LogP contribution is -2.25. The maximum atomic E-state index is 12.9. The third-order valence-corrected chi connectivity index (χ3v) is 5.30. The number of nitro benzene ring substituents is 1. The number of carbonyl (C=O) groups excluding carboxylic acids is 1. The summed E-state index contributed by atoms with van der Waals surface area (Å²) in [6, 6.07) is 6.69. The summed E-state index contributed by atoms with van der Waals surface area (Å²) in [5.74, 6) is -0.836. The minimum Gasteiger partial charge on any atom is -0.457 e. The molecule has 0 aliphatic heterocycles. The molecule has 1 aromatic heterocycles. The van der Waals surface area contributed by atoms with Crippen LogP contribution in [-0.2, 0) is 11.0 Å². The van der Waals surface area contributed by atoms with Crippen molar-refractivity contribution in [1.82, 2.24) is 9.78 Å². The van der Waals surface area contributed by atoms with E-state index in [1.54, 1.807) is 20.8 Å². The summed E-state index contributed by atoms with van der Waals surface area (Å²) < 4.78 is 45.7. The number of aryl methyl sites for hydroxylation is 1. The van der Waals surface area contributed by atoms with Gasteiger partial charge in [0.25, 0.3) is 5.69 Å². The van der Waals surface area contributed by atoms with E-state index in [1.165, 1.54) is 16.8 Å². The van der Waals surface area contributed by atoms with Crippen LogP contribution in [0.3, 0.4) is 0 Å². The highest BCUT2D eigenvalue weighted by molar-refractivity contribution is 6.31. The van der Waals surface area contributed by atoms with Gasteiger partial charge in [0.15, 0.2) is 0 Å². The molecular weight excluding hydrogens is 465 g/mol. The van der Waals surface area contributed by atoms with E-state index in [0.717, 1.165) is 30.3 Å². The van der Waals surface area contributed by atoms with Gasteiger partial charge in [-0.05, 0) is 39.0 Å². The third kappa shape index (κ3) is 5.43. The number of ether oxygens (including phenoxy) is 1. The third-order valence-electron chi connectivity index (χ3n) is 4.75. The summed E-state index contributed by atoms with van der Waals surface area (Å²) in [5.41, 5.74) is -0.214. The first-order valence-electron chi connectivity index (χ1n) is 9.53. The highest BCUT2D eigenvalue weighted by Gasteiger charge is 2.30. The maximum Gasteiger partial charge on any atom is 0.416 e. The molecule has 0 aliphatic carbocycles. The van der Waals surface area contributed by atoms with E-state index in [2.05, 4.69) is 10.4 Å². The minimum atomic E-state index is -4.58. The highest BCUT2D eigenvalue weighted by Crippen LogP contribution is 2.34. The second-order valence-corrected chi connectivity index (χ2v) is 7.57. The van der Waals surface area contributed by atoms with E-state index in [1.807, 2.05) is 0 Å². The van der Waals surface area contributed by atoms with E-state index in [-0.39, 0.29) is 17.2 Å². The van der Waals surface area contributed by atoms with Crippen molar-refractivity contribution >= 4 is 28.9 Å². The number of halogens is 4. The van der Waals surface area contributed by atoms with Crippen LogP contribution >= 0.6 is 11.6 Å². The molecule has 0 radical (unpaired) electrons. The number of hydrogen-bond donors (Lipinski definition) is 1. The first kappa shape index (κ1) is 24.1. The summed E-state index contributed by atoms with van der Waals surface area (Å²) in [4.78, 5) is 23.4. The number of hydrogen-bond acceptors (Lipinski definition) is 5. The molecule has 0 fully saturated rings. The SMILES string of the molecule is Cc1nn(C(C)C(=O)Nc2cc(Oc3cccc(C(F)(F)F)c3)cc([N+](=O)[O-])c2)c(C)c1Cl. The van der Waals surface area contributed by atoms with Gasteiger partial charge in [-0.2, -0.15) is 18.3 Å². The Morgan fingerprint density at radius 1 is 1.21 bits per heavy atom. The lowest BCUT2D eigenvalue weighted by Gasteiger charge is -2.15. The molecule has 1 unspecified atom stereocenters. The molecule has 0 spiro atoms. The average molecular weight is 483 g/mol. The molecule has 1 atom stereocenters. The van der Waals surface area contributed by atoms with Crippen molar-refractivity contribution in [1.29, 1.82) is 0 Å². The molecule has 12 heteroatoms. The second-order valence-electron chi connectivity index (χ2n) is 7.19. The van der Waals surface area contributed by atoms with Gasteiger partial charge in [0.05, 0.1) is 38.7 Å². The Labute approximate surface area is 191 Å². The number of carbonyl (C=O) groups is 1. The smallest absolute Gasteiger partial charge is 0.416 e. The Kier molecular flexibility index (Phi) is 6.63. The molecule has 3 aromatic rings. The van der Waals surface area contributed by atoms with Crippen LogP contribution in [0.25, 0.3) is 0 Å². The van der Waals surface area contributed by atoms with Gasteiger partial charge in [0, 0.05) is 12.1 Å². The predicted octanol–water partition coefficient (Wildman–Crippen LogP) is 6.07. The van der Waals surface area contributed by atoms with Crippen molar-refractivity contribution in [3.05, 3.63) is 74.6 Å². The lowest BCUT2D eigenvalue weighted by atomic mass is 10.2. The molecule has 3 rings (SSSR count). The molecule has 8 nitrogen and oxygen atoms in total. The molecule has 0 aliphatic rings. The number of amides is 1. The van der Waals surface area contributed by atoms with Gasteiger partial charge in [0.1, 0.15) is 17.5 Å². The molecule has 0 saturated carbocycles. The molecule has 33 heavy (non-hydrogen) atoms. The summed E-state index contributed by atoms with van der Waals surface area (Å²) >= 11 is 6.12. The largest absolute Gasteiger partial charge is 0.457 e. The number of nitrogens with zero attached hydrogens (tertiary/aromatic N) is 3. The van der Waals surface area contributed by atoms with E-state index in [0.29, 0.717) is 16.4 Å². The standard InChI is InChI=1S/C21H18ClF3N4O4/c1-11-19(22)12(2)28(27-11)13(3)20(30)26-15-8-16(29(31)32)10-18(9-15)33-17-6-4-5-14(7-17)21(23,24)25/h4-10,13H,1-3H3,(H,26,30). The fourth-order valence-electron chi connectivity index (χ4n) is 3.07. The molecule has 1 heterocycles. The summed E-state index contributed by atoms with van der Waals surface area (Å²) in [6.07, 6.45) is -4.58. The number of benzene rings is 2. The van der Waals surface area contributed by atoms with E-state index in [4.69, 9.17) is 16.3 Å². The van der Waals surface area contributed by atoms with Gasteiger partial charge in [-0.15, -0.1) is 0 Å². The van der Waals surface area contributed by atoms with Gasteiger partial charge in [-0.25, -0.2) is 0 Å². The van der Waals surface area contributed by atoms with Gasteiger partial charge >= 0.3 is 6.18 Å². The summed E-state index contributed by atoms with van der Waals surface area (Å²) in [5, 5.41) is 18.5. The van der Waals surface area contributed by atoms with Crippen LogP contribution in [-0.4, -0.2) is 20.6 Å². The number of non-ortho nitro benzene ring substituents is 1. The van der Waals surface area contributed by atoms with Crippen LogP contribution in [0.15, 0.2) is 42.5 Å². The quantitative estimate of drug-likeness (QED) is 0.339. The predicted molar refractivity (Wildman–Crippen MR) is 115 cm³/mol. The van der Waals surface area contributed by atoms with Crippen LogP contribution in [0.2, 0.25) is 5.02 Å². The Bertz CT molecular complexity index is 1230. The Balaban J connectivity index is 1.88. The van der Waals surface area contributed by atoms with Crippen LogP contribution in [0, 0.1) is 24.0 Å². The van der Waals surface area contributed by atoms with E-state index >= 15 is 0 Å². The van der Waals surface area contributed by atoms with Crippen molar-refractivity contribution in [2.45, 2.75) is 33.0 Å². The number of nitro groups is 1. The second kappa shape index (κ2) is 9.10. The Morgan fingerprint density at radius 2 is 1.91 bits per heavy atom. The van der Waals surface area contributed by atoms with Crippen molar-refractivity contribution in [2.24, 2.45) is 0 Å². The monoisotopic (exact) mass is 482 g/mol. The average Bonchev–Trinajstić information content (AvgIpc) is 2.99. The Morgan fingerprint density at radius 3 is 2.48 bits per heavy atom. The molecule has 2 aromatic carbocycles. The maximum absolute atomic E-state index is 12.9. The van der Waals surface area contributed by atoms with Crippen LogP contribution < -0.4 is 10.1 Å². The van der Waals surface area contributed by atoms with Crippen molar-refractivity contribution < 1.29 is 27.6 Å². The topological polar surface area (TPSA) is 99.3 Å². The molecule has 0 bridgehead atoms. The lowest BCUT2D eigenvalue weighted by molar-refractivity contribution is -0.384. The van der Waals surface area contributed by atoms with E-state index in [9.17, 15) is 28.1 Å². The van der Waals surface area contributed by atoms with Crippen molar-refractivity contribution in [2.75, 3.05) is 5.32 Å². The van der Waals surface area contributed by atoms with Gasteiger partial charge < -0.3 is 10.1 Å². The fourth-order valence-corrected chi connectivity index (χ4v) is 3.19. The van der Waals surface area contributed by atoms with Crippen LogP contribution in [0.4, 0.5) is 24.5 Å². The highest BCUT2D eigenvalue weighted by atomic mass is 35.5. The van der Waals surface area contributed by atoms with Crippen molar-refractivity contribution in [3.8, 4) is 11.5 Å². The molecular formula is C21H18ClF3N4O4. The Hall–Kier alpha value is -3.60. The number of alkyl halides is 3. The molecule has 0 saturated heterocycles. The minimum absolute atomic E-state index is 0.0238. The van der Waals surface area contributed by atoms with Crippen LogP contribution in [0.5, 0.6) is 11.5 Å². The number of anilines is 1. The zero-order valence-corrected chi connectivity index (χ0v) is 18.4. The first-order chi connectivity index (χ1) is 15.4. The van der Waals surface area contributed by atoms with Gasteiger partial charge in [-0.3, -0.25) is 19.6 Å². The number of nitrogens with one attached hydrogen (secondary N) is 1. The van der Waals surface area contributed by atoms with Gasteiger partial charge in [0.2, 0.25) is 5.91 Å². The summed E-state index contributed by atoms with van der Waals surface area (Å²) in [7, 11) is 0. The number of rotatable bonds is 6. The molecule has 1 amide bonds. The summed E-state index contributed by atoms with van der Waals surface area (Å²) in [6.45, 7) is 4.96. The first-order valence-corrected chi connectivity index (χ1v) is 9.91. The van der Waals surface area contributed by atoms with Gasteiger partial charge in [-0.1, -0.05) is 17.7 Å². The zero-order valence-electron chi connectivity index (χ0n) is 17.6. The number of aromatic nitrogens is 2. The van der Waals surface area contributed by atoms with Crippen LogP contribution in [0.1, 0.15) is 29.9 Å². The zero-order chi connectivity index (χ0) is 24.5. The normalized spacial score (nSPS) is 12.3. The van der Waals surface area contributed by atoms with E-state index < -0.39 is 34.3 Å². The van der Waals surface area contributed by atoms with Crippen molar-refractivity contribution in [3.63, 3.8) is 0 Å². The fraction of sp³-hybridized carbons (Fsp3) is 0.238.